The van der Waals surface area contributed by atoms with Gasteiger partial charge in [-0.15, -0.1) is 0 Å². The Morgan fingerprint density at radius 3 is 2.50 bits per heavy atom. The van der Waals surface area contributed by atoms with Crippen molar-refractivity contribution >= 4 is 17.3 Å². The predicted molar refractivity (Wildman–Crippen MR) is 71.8 cm³/mol. The summed E-state index contributed by atoms with van der Waals surface area (Å²) in [6.45, 7) is 3.60. The molecular weight excluding hydrogens is 228 g/mol. The minimum absolute atomic E-state index is 0.123. The molecule has 4 nitrogen and oxygen atoms in total. The third-order valence-corrected chi connectivity index (χ3v) is 2.87. The van der Waals surface area contributed by atoms with Crippen LogP contribution in [-0.2, 0) is 0 Å². The number of rotatable bonds is 2. The number of hydrogen-bond acceptors (Lipinski definition) is 3. The van der Waals surface area contributed by atoms with Crippen molar-refractivity contribution in [3.8, 4) is 0 Å². The summed E-state index contributed by atoms with van der Waals surface area (Å²) in [4.78, 5) is 13.9. The highest BCUT2D eigenvalue weighted by atomic mass is 16.3. The number of aryl methyl sites for hydroxylation is 2. The highest BCUT2D eigenvalue weighted by Gasteiger charge is 2.19. The smallest absolute Gasteiger partial charge is 0.261 e. The van der Waals surface area contributed by atoms with Crippen LogP contribution in [0.1, 0.15) is 21.9 Å². The fourth-order valence-electron chi connectivity index (χ4n) is 1.93. The summed E-state index contributed by atoms with van der Waals surface area (Å²) in [7, 11) is 1.70. The zero-order chi connectivity index (χ0) is 13.3. The Morgan fingerprint density at radius 1 is 1.28 bits per heavy atom. The highest BCUT2D eigenvalue weighted by Crippen LogP contribution is 2.24. The maximum absolute atomic E-state index is 12.3. The van der Waals surface area contributed by atoms with Crippen LogP contribution in [0.3, 0.4) is 0 Å². The van der Waals surface area contributed by atoms with Crippen LogP contribution >= 0.6 is 0 Å². The van der Waals surface area contributed by atoms with Crippen molar-refractivity contribution in [2.45, 2.75) is 13.8 Å². The van der Waals surface area contributed by atoms with Gasteiger partial charge < -0.3 is 15.1 Å². The van der Waals surface area contributed by atoms with Gasteiger partial charge in [0.1, 0.15) is 11.5 Å². The molecule has 0 radical (unpaired) electrons. The molecule has 2 aromatic rings. The zero-order valence-electron chi connectivity index (χ0n) is 10.7. The first-order valence-electron chi connectivity index (χ1n) is 5.70. The number of anilines is 2. The number of amides is 1. The molecule has 1 aromatic carbocycles. The summed E-state index contributed by atoms with van der Waals surface area (Å²) >= 11 is 0. The summed E-state index contributed by atoms with van der Waals surface area (Å²) in [6.07, 6.45) is 0. The number of carbonyl (C=O) groups is 1. The van der Waals surface area contributed by atoms with E-state index in [1.165, 1.54) is 4.90 Å². The lowest BCUT2D eigenvalue weighted by molar-refractivity contribution is 0.0991. The van der Waals surface area contributed by atoms with Crippen LogP contribution in [0, 0.1) is 13.8 Å². The van der Waals surface area contributed by atoms with E-state index in [1.807, 2.05) is 25.1 Å². The van der Waals surface area contributed by atoms with Gasteiger partial charge in [0.05, 0.1) is 16.9 Å². The van der Waals surface area contributed by atoms with Crippen molar-refractivity contribution in [3.05, 3.63) is 47.4 Å². The number of nitrogens with two attached hydrogens (primary N) is 1. The zero-order valence-corrected chi connectivity index (χ0v) is 10.7. The quantitative estimate of drug-likeness (QED) is 0.826. The molecule has 0 aliphatic rings. The number of para-hydroxylation sites is 2. The second-order valence-corrected chi connectivity index (χ2v) is 4.25. The SMILES string of the molecule is Cc1cc(C(=O)N(C)c2ccccc2N)c(C)o1. The van der Waals surface area contributed by atoms with E-state index in [0.29, 0.717) is 22.7 Å². The number of nitrogen functional groups attached to an aromatic ring is 1. The van der Waals surface area contributed by atoms with Crippen molar-refractivity contribution in [1.29, 1.82) is 0 Å². The summed E-state index contributed by atoms with van der Waals surface area (Å²) in [5.41, 5.74) is 7.70. The van der Waals surface area contributed by atoms with Crippen LogP contribution < -0.4 is 10.6 Å². The molecule has 94 valence electrons. The molecule has 0 saturated carbocycles. The van der Waals surface area contributed by atoms with Crippen LogP contribution in [0.15, 0.2) is 34.7 Å². The largest absolute Gasteiger partial charge is 0.466 e. The van der Waals surface area contributed by atoms with Crippen molar-refractivity contribution < 1.29 is 9.21 Å². The molecule has 2 N–H and O–H groups in total. The molecule has 0 fully saturated rings. The normalized spacial score (nSPS) is 10.4. The van der Waals surface area contributed by atoms with Crippen molar-refractivity contribution in [3.63, 3.8) is 0 Å². The average Bonchev–Trinajstić information content (AvgIpc) is 2.67. The maximum Gasteiger partial charge on any atom is 0.261 e. The molecule has 0 bridgehead atoms. The van der Waals surface area contributed by atoms with Gasteiger partial charge in [0, 0.05) is 7.05 Å². The van der Waals surface area contributed by atoms with E-state index in [1.54, 1.807) is 26.1 Å². The number of nitrogens with zero attached hydrogens (tertiary/aromatic N) is 1. The molecule has 0 spiro atoms. The topological polar surface area (TPSA) is 59.5 Å². The lowest BCUT2D eigenvalue weighted by Gasteiger charge is -2.18. The lowest BCUT2D eigenvalue weighted by atomic mass is 10.2. The number of furan rings is 1. The summed E-state index contributed by atoms with van der Waals surface area (Å²) in [6, 6.07) is 9.02. The molecule has 2 rings (SSSR count). The van der Waals surface area contributed by atoms with E-state index >= 15 is 0 Å². The van der Waals surface area contributed by atoms with Crippen LogP contribution in [0.2, 0.25) is 0 Å². The fourth-order valence-corrected chi connectivity index (χ4v) is 1.93. The van der Waals surface area contributed by atoms with Gasteiger partial charge in [-0.05, 0) is 32.0 Å². The first-order chi connectivity index (χ1) is 8.50. The third kappa shape index (κ3) is 2.09. The minimum Gasteiger partial charge on any atom is -0.466 e. The summed E-state index contributed by atoms with van der Waals surface area (Å²) in [5.74, 6) is 1.23. The Labute approximate surface area is 106 Å². The molecule has 0 saturated heterocycles. The molecule has 0 unspecified atom stereocenters. The molecular formula is C14H16N2O2. The molecule has 1 aromatic heterocycles. The molecule has 0 atom stereocenters. The standard InChI is InChI=1S/C14H16N2O2/c1-9-8-11(10(2)18-9)14(17)16(3)13-7-5-4-6-12(13)15/h4-8H,15H2,1-3H3. The highest BCUT2D eigenvalue weighted by molar-refractivity contribution is 6.07. The lowest BCUT2D eigenvalue weighted by Crippen LogP contribution is -2.27. The number of carbonyl (C=O) groups excluding carboxylic acids is 1. The number of hydrogen-bond donors (Lipinski definition) is 1. The van der Waals surface area contributed by atoms with Gasteiger partial charge in [0.15, 0.2) is 0 Å². The van der Waals surface area contributed by atoms with E-state index in [-0.39, 0.29) is 5.91 Å². The van der Waals surface area contributed by atoms with Crippen LogP contribution in [-0.4, -0.2) is 13.0 Å². The van der Waals surface area contributed by atoms with Gasteiger partial charge in [0.25, 0.3) is 5.91 Å². The van der Waals surface area contributed by atoms with E-state index in [0.717, 1.165) is 5.76 Å². The Hall–Kier alpha value is -2.23. The van der Waals surface area contributed by atoms with E-state index in [9.17, 15) is 4.79 Å². The van der Waals surface area contributed by atoms with Crippen LogP contribution in [0.5, 0.6) is 0 Å². The Balaban J connectivity index is 2.35. The monoisotopic (exact) mass is 244 g/mol. The minimum atomic E-state index is -0.123. The van der Waals surface area contributed by atoms with Crippen LogP contribution in [0.25, 0.3) is 0 Å². The summed E-state index contributed by atoms with van der Waals surface area (Å²) < 4.78 is 5.37. The van der Waals surface area contributed by atoms with Crippen LogP contribution in [0.4, 0.5) is 11.4 Å². The Morgan fingerprint density at radius 2 is 1.94 bits per heavy atom. The van der Waals surface area contributed by atoms with E-state index in [2.05, 4.69) is 0 Å². The first-order valence-corrected chi connectivity index (χ1v) is 5.70. The van der Waals surface area contributed by atoms with Crippen molar-refractivity contribution in [1.82, 2.24) is 0 Å². The summed E-state index contributed by atoms with van der Waals surface area (Å²) in [5, 5.41) is 0. The fraction of sp³-hybridized carbons (Fsp3) is 0.214. The average molecular weight is 244 g/mol. The van der Waals surface area contributed by atoms with Gasteiger partial charge in [-0.1, -0.05) is 12.1 Å². The van der Waals surface area contributed by atoms with Crippen molar-refractivity contribution in [2.75, 3.05) is 17.7 Å². The Kier molecular flexibility index (Phi) is 3.10. The molecule has 18 heavy (non-hydrogen) atoms. The van der Waals surface area contributed by atoms with Gasteiger partial charge in [-0.3, -0.25) is 4.79 Å². The second kappa shape index (κ2) is 4.56. The molecule has 1 heterocycles. The number of benzene rings is 1. The van der Waals surface area contributed by atoms with Gasteiger partial charge >= 0.3 is 0 Å². The van der Waals surface area contributed by atoms with Crippen molar-refractivity contribution in [2.24, 2.45) is 0 Å². The van der Waals surface area contributed by atoms with Gasteiger partial charge in [-0.2, -0.15) is 0 Å². The van der Waals surface area contributed by atoms with Gasteiger partial charge in [-0.25, -0.2) is 0 Å². The van der Waals surface area contributed by atoms with E-state index in [4.69, 9.17) is 10.2 Å². The molecule has 0 aliphatic heterocycles. The van der Waals surface area contributed by atoms with E-state index < -0.39 is 0 Å². The second-order valence-electron chi connectivity index (χ2n) is 4.25. The maximum atomic E-state index is 12.3. The molecule has 0 aliphatic carbocycles. The van der Waals surface area contributed by atoms with Gasteiger partial charge in [0.2, 0.25) is 0 Å². The molecule has 1 amide bonds. The first kappa shape index (κ1) is 12.2. The predicted octanol–water partition coefficient (Wildman–Crippen LogP) is 2.76. The Bertz CT molecular complexity index is 587. The third-order valence-electron chi connectivity index (χ3n) is 2.87. The molecule has 4 heteroatoms.